The van der Waals surface area contributed by atoms with Gasteiger partial charge in [-0.25, -0.2) is 15.0 Å². The summed E-state index contributed by atoms with van der Waals surface area (Å²) in [6.07, 6.45) is 1.95. The van der Waals surface area contributed by atoms with E-state index in [1.165, 1.54) is 27.5 Å². The van der Waals surface area contributed by atoms with Crippen LogP contribution in [0.25, 0.3) is 89.2 Å². The van der Waals surface area contributed by atoms with Crippen LogP contribution in [-0.2, 0) is 0 Å². The zero-order chi connectivity index (χ0) is 33.3. The van der Waals surface area contributed by atoms with Crippen molar-refractivity contribution >= 4 is 21.7 Å². The standard InChI is InChI=1S/C46H30N4/c1-3-10-34(11-4-1)44-48-45(35-12-5-2-6-13-35)50-46(49-44)36-24-22-33(23-25-36)41-16-9-15-38-28-37(26-27-42(38)41)31-18-20-32(21-19-31)40-29-39-14-7-8-17-43(39)47-30-40/h1-30H. The van der Waals surface area contributed by atoms with Crippen molar-refractivity contribution in [2.45, 2.75) is 0 Å². The Kier molecular flexibility index (Phi) is 7.45. The molecule has 50 heavy (non-hydrogen) atoms. The highest BCUT2D eigenvalue weighted by atomic mass is 15.0. The summed E-state index contributed by atoms with van der Waals surface area (Å²) in [5.41, 5.74) is 10.8. The number of aromatic nitrogens is 4. The summed E-state index contributed by atoms with van der Waals surface area (Å²) in [5, 5.41) is 3.55. The smallest absolute Gasteiger partial charge is 0.164 e. The van der Waals surface area contributed by atoms with Gasteiger partial charge in [0.05, 0.1) is 5.52 Å². The lowest BCUT2D eigenvalue weighted by Gasteiger charge is -2.11. The highest BCUT2D eigenvalue weighted by Crippen LogP contribution is 2.34. The largest absolute Gasteiger partial charge is 0.256 e. The Hall–Kier alpha value is -6.78. The maximum Gasteiger partial charge on any atom is 0.164 e. The van der Waals surface area contributed by atoms with Gasteiger partial charge in [0.15, 0.2) is 17.5 Å². The van der Waals surface area contributed by atoms with Crippen molar-refractivity contribution in [2.24, 2.45) is 0 Å². The molecular formula is C46H30N4. The molecule has 2 aromatic heterocycles. The first kappa shape index (κ1) is 29.4. The van der Waals surface area contributed by atoms with Crippen LogP contribution >= 0.6 is 0 Å². The molecule has 9 aromatic rings. The van der Waals surface area contributed by atoms with E-state index in [0.29, 0.717) is 17.5 Å². The van der Waals surface area contributed by atoms with Gasteiger partial charge in [0.25, 0.3) is 0 Å². The lowest BCUT2D eigenvalue weighted by atomic mass is 9.94. The third kappa shape index (κ3) is 5.69. The molecule has 7 aromatic carbocycles. The lowest BCUT2D eigenvalue weighted by Crippen LogP contribution is -2.00. The Morgan fingerprint density at radius 3 is 1.44 bits per heavy atom. The van der Waals surface area contributed by atoms with Crippen LogP contribution in [0.4, 0.5) is 0 Å². The maximum atomic E-state index is 4.90. The van der Waals surface area contributed by atoms with Crippen LogP contribution in [0.1, 0.15) is 0 Å². The third-order valence-corrected chi connectivity index (χ3v) is 9.18. The van der Waals surface area contributed by atoms with E-state index in [9.17, 15) is 0 Å². The Morgan fingerprint density at radius 1 is 0.300 bits per heavy atom. The highest BCUT2D eigenvalue weighted by molar-refractivity contribution is 5.99. The first-order chi connectivity index (χ1) is 24.7. The molecule has 0 aliphatic carbocycles. The van der Waals surface area contributed by atoms with Crippen molar-refractivity contribution in [3.63, 3.8) is 0 Å². The predicted octanol–water partition coefficient (Wildman–Crippen LogP) is 11.6. The Balaban J connectivity index is 1.02. The average molecular weight is 639 g/mol. The Bertz CT molecular complexity index is 2560. The second-order valence-corrected chi connectivity index (χ2v) is 12.4. The van der Waals surface area contributed by atoms with Gasteiger partial charge in [-0.05, 0) is 56.8 Å². The number of para-hydroxylation sites is 1. The Morgan fingerprint density at radius 2 is 0.780 bits per heavy atom. The molecule has 0 spiro atoms. The molecule has 9 rings (SSSR count). The van der Waals surface area contributed by atoms with Gasteiger partial charge in [-0.3, -0.25) is 4.98 Å². The number of rotatable bonds is 6. The number of nitrogens with zero attached hydrogens (tertiary/aromatic N) is 4. The van der Waals surface area contributed by atoms with Crippen LogP contribution in [0.5, 0.6) is 0 Å². The molecule has 0 saturated heterocycles. The van der Waals surface area contributed by atoms with Crippen LogP contribution in [-0.4, -0.2) is 19.9 Å². The predicted molar refractivity (Wildman–Crippen MR) is 205 cm³/mol. The van der Waals surface area contributed by atoms with Gasteiger partial charge in [0, 0.05) is 33.8 Å². The van der Waals surface area contributed by atoms with E-state index in [4.69, 9.17) is 15.0 Å². The summed E-state index contributed by atoms with van der Waals surface area (Å²) in [6.45, 7) is 0. The zero-order valence-electron chi connectivity index (χ0n) is 27.1. The molecule has 0 unspecified atom stereocenters. The molecule has 0 bridgehead atoms. The molecule has 234 valence electrons. The normalized spacial score (nSPS) is 11.2. The van der Waals surface area contributed by atoms with Crippen LogP contribution in [0, 0.1) is 0 Å². The van der Waals surface area contributed by atoms with E-state index in [1.54, 1.807) is 0 Å². The van der Waals surface area contributed by atoms with E-state index in [0.717, 1.165) is 44.3 Å². The summed E-state index contributed by atoms with van der Waals surface area (Å²) < 4.78 is 0. The quantitative estimate of drug-likeness (QED) is 0.182. The number of hydrogen-bond acceptors (Lipinski definition) is 4. The number of fused-ring (bicyclic) bond motifs is 2. The summed E-state index contributed by atoms with van der Waals surface area (Å²) in [5.74, 6) is 1.96. The molecule has 0 atom stereocenters. The van der Waals surface area contributed by atoms with Crippen molar-refractivity contribution < 1.29 is 0 Å². The number of hydrogen-bond donors (Lipinski definition) is 0. The fourth-order valence-electron chi connectivity index (χ4n) is 6.54. The SMILES string of the molecule is c1ccc(-c2nc(-c3ccccc3)nc(-c3ccc(-c4cccc5cc(-c6ccc(-c7cnc8ccccc8c7)cc6)ccc45)cc3)n2)cc1. The van der Waals surface area contributed by atoms with Crippen molar-refractivity contribution in [3.8, 4) is 67.5 Å². The molecule has 0 N–H and O–H groups in total. The maximum absolute atomic E-state index is 4.90. The van der Waals surface area contributed by atoms with Crippen molar-refractivity contribution in [2.75, 3.05) is 0 Å². The fraction of sp³-hybridized carbons (Fsp3) is 0. The zero-order valence-corrected chi connectivity index (χ0v) is 27.1. The van der Waals surface area contributed by atoms with Crippen LogP contribution < -0.4 is 0 Å². The van der Waals surface area contributed by atoms with Crippen LogP contribution in [0.2, 0.25) is 0 Å². The topological polar surface area (TPSA) is 51.6 Å². The third-order valence-electron chi connectivity index (χ3n) is 9.18. The van der Waals surface area contributed by atoms with Crippen molar-refractivity contribution in [1.82, 2.24) is 19.9 Å². The minimum Gasteiger partial charge on any atom is -0.256 e. The molecule has 2 heterocycles. The number of pyridine rings is 1. The van der Waals surface area contributed by atoms with Crippen molar-refractivity contribution in [1.29, 1.82) is 0 Å². The molecule has 0 aliphatic heterocycles. The highest BCUT2D eigenvalue weighted by Gasteiger charge is 2.13. The first-order valence-electron chi connectivity index (χ1n) is 16.7. The molecular weight excluding hydrogens is 609 g/mol. The van der Waals surface area contributed by atoms with Crippen LogP contribution in [0.15, 0.2) is 182 Å². The van der Waals surface area contributed by atoms with E-state index in [1.807, 2.05) is 79.0 Å². The molecule has 4 heteroatoms. The van der Waals surface area contributed by atoms with Gasteiger partial charge in [0.1, 0.15) is 0 Å². The van der Waals surface area contributed by atoms with Crippen LogP contribution in [0.3, 0.4) is 0 Å². The minimum atomic E-state index is 0.648. The van der Waals surface area contributed by atoms with E-state index in [-0.39, 0.29) is 0 Å². The average Bonchev–Trinajstić information content (AvgIpc) is 3.21. The molecule has 0 fully saturated rings. The molecule has 0 amide bonds. The molecule has 0 radical (unpaired) electrons. The summed E-state index contributed by atoms with van der Waals surface area (Å²) in [7, 11) is 0. The Labute approximate surface area is 290 Å². The molecule has 0 aliphatic rings. The van der Waals surface area contributed by atoms with Gasteiger partial charge in [-0.1, -0.05) is 158 Å². The fourth-order valence-corrected chi connectivity index (χ4v) is 6.54. The summed E-state index contributed by atoms with van der Waals surface area (Å²) in [6, 6.07) is 61.1. The second-order valence-electron chi connectivity index (χ2n) is 12.4. The van der Waals surface area contributed by atoms with Gasteiger partial charge in [-0.15, -0.1) is 0 Å². The van der Waals surface area contributed by atoms with Gasteiger partial charge in [-0.2, -0.15) is 0 Å². The van der Waals surface area contributed by atoms with Gasteiger partial charge in [0.2, 0.25) is 0 Å². The summed E-state index contributed by atoms with van der Waals surface area (Å²) in [4.78, 5) is 19.3. The van der Waals surface area contributed by atoms with Crippen molar-refractivity contribution in [3.05, 3.63) is 182 Å². The van der Waals surface area contributed by atoms with E-state index >= 15 is 0 Å². The summed E-state index contributed by atoms with van der Waals surface area (Å²) >= 11 is 0. The number of benzene rings is 7. The van der Waals surface area contributed by atoms with Gasteiger partial charge >= 0.3 is 0 Å². The lowest BCUT2D eigenvalue weighted by molar-refractivity contribution is 1.07. The molecule has 0 saturated carbocycles. The minimum absolute atomic E-state index is 0.648. The second kappa shape index (κ2) is 12.7. The monoisotopic (exact) mass is 638 g/mol. The van der Waals surface area contributed by atoms with Gasteiger partial charge < -0.3 is 0 Å². The molecule has 4 nitrogen and oxygen atoms in total. The first-order valence-corrected chi connectivity index (χ1v) is 16.7. The van der Waals surface area contributed by atoms with E-state index < -0.39 is 0 Å². The van der Waals surface area contributed by atoms with E-state index in [2.05, 4.69) is 108 Å².